The number of nitrogens with two attached hydrogens (primary N) is 2. The molecule has 0 aliphatic carbocycles. The van der Waals surface area contributed by atoms with Gasteiger partial charge in [0.2, 0.25) is 5.91 Å². The van der Waals surface area contributed by atoms with E-state index in [9.17, 15) is 14.7 Å². The number of ether oxygens (including phenoxy) is 1. The Morgan fingerprint density at radius 1 is 1.10 bits per heavy atom. The molecule has 8 heteroatoms. The summed E-state index contributed by atoms with van der Waals surface area (Å²) in [6, 6.07) is 13.5. The number of aromatic hydroxyl groups is 1. The van der Waals surface area contributed by atoms with E-state index >= 15 is 0 Å². The molecule has 3 rings (SSSR count). The van der Waals surface area contributed by atoms with Crippen molar-refractivity contribution >= 4 is 11.9 Å². The van der Waals surface area contributed by atoms with Crippen LogP contribution in [0.15, 0.2) is 48.5 Å². The van der Waals surface area contributed by atoms with Crippen LogP contribution in [0.4, 0.5) is 0 Å². The summed E-state index contributed by atoms with van der Waals surface area (Å²) < 4.78 is 7.33. The Kier molecular flexibility index (Phi) is 6.08. The number of hydrogen-bond acceptors (Lipinski definition) is 5. The van der Waals surface area contributed by atoms with Crippen LogP contribution in [0.25, 0.3) is 16.9 Å². The van der Waals surface area contributed by atoms with Crippen LogP contribution in [0.3, 0.4) is 0 Å². The van der Waals surface area contributed by atoms with Crippen molar-refractivity contribution in [2.24, 2.45) is 11.5 Å². The number of nitrogens with zero attached hydrogens (tertiary/aromatic N) is 1. The summed E-state index contributed by atoms with van der Waals surface area (Å²) in [5.74, 6) is -0.944. The molecule has 0 aliphatic rings. The van der Waals surface area contributed by atoms with Crippen molar-refractivity contribution in [3.8, 4) is 28.4 Å². The number of rotatable bonds is 8. The van der Waals surface area contributed by atoms with Crippen molar-refractivity contribution < 1.29 is 24.5 Å². The number of amides is 1. The first-order valence-corrected chi connectivity index (χ1v) is 9.28. The van der Waals surface area contributed by atoms with E-state index < -0.39 is 11.9 Å². The molecule has 0 fully saturated rings. The summed E-state index contributed by atoms with van der Waals surface area (Å²) in [4.78, 5) is 22.7. The van der Waals surface area contributed by atoms with Gasteiger partial charge in [-0.2, -0.15) is 0 Å². The quantitative estimate of drug-likeness (QED) is 0.450. The second kappa shape index (κ2) is 8.71. The number of methoxy groups -OCH3 is 1. The molecule has 1 aromatic heterocycles. The van der Waals surface area contributed by atoms with Gasteiger partial charge >= 0.3 is 5.97 Å². The van der Waals surface area contributed by atoms with E-state index in [0.29, 0.717) is 28.1 Å². The third-order valence-corrected chi connectivity index (χ3v) is 4.84. The molecular weight excluding hydrogens is 386 g/mol. The van der Waals surface area contributed by atoms with Crippen LogP contribution in [-0.4, -0.2) is 33.8 Å². The van der Waals surface area contributed by atoms with Gasteiger partial charge in [-0.1, -0.05) is 0 Å². The van der Waals surface area contributed by atoms with Gasteiger partial charge in [0.05, 0.1) is 24.9 Å². The Balaban J connectivity index is 2.25. The molecule has 2 aromatic carbocycles. The fraction of sp³-hybridized carbons (Fsp3) is 0.182. The van der Waals surface area contributed by atoms with Gasteiger partial charge in [0, 0.05) is 29.4 Å². The molecule has 0 saturated carbocycles. The van der Waals surface area contributed by atoms with Crippen molar-refractivity contribution in [3.63, 3.8) is 0 Å². The van der Waals surface area contributed by atoms with Gasteiger partial charge in [-0.25, -0.2) is 0 Å². The molecule has 156 valence electrons. The zero-order valence-electron chi connectivity index (χ0n) is 16.5. The molecule has 6 N–H and O–H groups in total. The Morgan fingerprint density at radius 2 is 1.87 bits per heavy atom. The fourth-order valence-electron chi connectivity index (χ4n) is 3.42. The third-order valence-electron chi connectivity index (χ3n) is 4.84. The summed E-state index contributed by atoms with van der Waals surface area (Å²) in [6.07, 6.45) is 0.241. The van der Waals surface area contributed by atoms with E-state index in [0.717, 1.165) is 11.4 Å². The molecular formula is C22H23N3O5. The number of carboxylic acids is 1. The number of phenolic OH excluding ortho intramolecular Hbond substituents is 1. The molecule has 0 spiro atoms. The molecule has 1 amide bonds. The van der Waals surface area contributed by atoms with E-state index in [1.165, 1.54) is 13.2 Å². The average molecular weight is 409 g/mol. The molecule has 3 aromatic rings. The lowest BCUT2D eigenvalue weighted by molar-refractivity contribution is -0.136. The van der Waals surface area contributed by atoms with Crippen molar-refractivity contribution in [3.05, 3.63) is 65.4 Å². The van der Waals surface area contributed by atoms with Crippen LogP contribution in [0.2, 0.25) is 0 Å². The number of aliphatic carboxylic acids is 1. The minimum Gasteiger partial charge on any atom is -0.508 e. The largest absolute Gasteiger partial charge is 0.508 e. The Hall–Kier alpha value is -3.78. The van der Waals surface area contributed by atoms with Crippen LogP contribution in [0, 0.1) is 0 Å². The van der Waals surface area contributed by atoms with Crippen molar-refractivity contribution in [1.82, 2.24) is 4.57 Å². The molecule has 0 bridgehead atoms. The first-order valence-electron chi connectivity index (χ1n) is 9.28. The van der Waals surface area contributed by atoms with Gasteiger partial charge in [0.1, 0.15) is 11.5 Å². The van der Waals surface area contributed by atoms with E-state index in [2.05, 4.69) is 0 Å². The number of carbonyl (C=O) groups excluding carboxylic acids is 1. The molecule has 0 aliphatic heterocycles. The van der Waals surface area contributed by atoms with E-state index in [1.54, 1.807) is 30.3 Å². The number of carboxylic acid groups (broad SMARTS) is 1. The predicted molar refractivity (Wildman–Crippen MR) is 112 cm³/mol. The second-order valence-corrected chi connectivity index (χ2v) is 6.74. The molecule has 8 nitrogen and oxygen atoms in total. The van der Waals surface area contributed by atoms with Gasteiger partial charge < -0.3 is 31.0 Å². The molecule has 0 saturated heterocycles. The van der Waals surface area contributed by atoms with E-state index in [-0.39, 0.29) is 25.1 Å². The van der Waals surface area contributed by atoms with Gasteiger partial charge in [-0.3, -0.25) is 9.59 Å². The Morgan fingerprint density at radius 3 is 2.50 bits per heavy atom. The van der Waals surface area contributed by atoms with Crippen LogP contribution in [-0.2, 0) is 17.8 Å². The van der Waals surface area contributed by atoms with E-state index in [1.807, 2.05) is 16.7 Å². The molecule has 1 heterocycles. The summed E-state index contributed by atoms with van der Waals surface area (Å²) in [6.45, 7) is 0.152. The van der Waals surface area contributed by atoms with Crippen LogP contribution >= 0.6 is 0 Å². The zero-order chi connectivity index (χ0) is 21.8. The van der Waals surface area contributed by atoms with Crippen LogP contribution in [0.1, 0.15) is 28.0 Å². The SMILES string of the molecule is COc1cc(O)ccc1-c1ccc(CCC(=O)O)n1-c1ccc(C(N)=O)cc1CN. The van der Waals surface area contributed by atoms with Crippen LogP contribution in [0.5, 0.6) is 11.5 Å². The second-order valence-electron chi connectivity index (χ2n) is 6.74. The lowest BCUT2D eigenvalue weighted by atomic mass is 10.1. The normalized spacial score (nSPS) is 10.7. The third kappa shape index (κ3) is 4.13. The van der Waals surface area contributed by atoms with Gasteiger partial charge in [0.25, 0.3) is 0 Å². The number of carbonyl (C=O) groups is 2. The topological polar surface area (TPSA) is 141 Å². The maximum Gasteiger partial charge on any atom is 0.303 e. The molecule has 0 radical (unpaired) electrons. The maximum atomic E-state index is 11.6. The van der Waals surface area contributed by atoms with Gasteiger partial charge in [-0.15, -0.1) is 0 Å². The Bertz CT molecular complexity index is 1100. The number of aryl methyl sites for hydroxylation is 1. The van der Waals surface area contributed by atoms with Crippen molar-refractivity contribution in [1.29, 1.82) is 0 Å². The van der Waals surface area contributed by atoms with Gasteiger partial charge in [0.15, 0.2) is 0 Å². The first-order chi connectivity index (χ1) is 14.3. The highest BCUT2D eigenvalue weighted by Gasteiger charge is 2.19. The number of primary amides is 1. The highest BCUT2D eigenvalue weighted by atomic mass is 16.5. The molecule has 30 heavy (non-hydrogen) atoms. The van der Waals surface area contributed by atoms with Crippen LogP contribution < -0.4 is 16.2 Å². The maximum absolute atomic E-state index is 11.6. The standard InChI is InChI=1S/C22H23N3O5/c1-30-20-11-16(26)5-6-17(20)19-8-3-15(4-9-21(27)28)25(19)18-7-2-13(22(24)29)10-14(18)12-23/h2-3,5-8,10-11,26H,4,9,12,23H2,1H3,(H2,24,29)(H,27,28). The molecule has 0 unspecified atom stereocenters. The first kappa shape index (κ1) is 20.9. The highest BCUT2D eigenvalue weighted by molar-refractivity contribution is 5.93. The summed E-state index contributed by atoms with van der Waals surface area (Å²) >= 11 is 0. The summed E-state index contributed by atoms with van der Waals surface area (Å²) in [7, 11) is 1.50. The number of hydrogen-bond donors (Lipinski definition) is 4. The summed E-state index contributed by atoms with van der Waals surface area (Å²) in [5, 5.41) is 18.9. The minimum absolute atomic E-state index is 0.0481. The van der Waals surface area contributed by atoms with E-state index in [4.69, 9.17) is 21.3 Å². The number of aromatic nitrogens is 1. The number of phenols is 1. The smallest absolute Gasteiger partial charge is 0.303 e. The lowest BCUT2D eigenvalue weighted by Crippen LogP contribution is -2.14. The minimum atomic E-state index is -0.908. The van der Waals surface area contributed by atoms with Crippen molar-refractivity contribution in [2.45, 2.75) is 19.4 Å². The number of benzene rings is 2. The highest BCUT2D eigenvalue weighted by Crippen LogP contribution is 2.36. The summed E-state index contributed by atoms with van der Waals surface area (Å²) in [5.41, 5.74) is 15.3. The zero-order valence-corrected chi connectivity index (χ0v) is 16.5. The van der Waals surface area contributed by atoms with Gasteiger partial charge in [-0.05, 0) is 54.4 Å². The molecule has 0 atom stereocenters. The fourth-order valence-corrected chi connectivity index (χ4v) is 3.42. The average Bonchev–Trinajstić information content (AvgIpc) is 3.14. The Labute approximate surface area is 173 Å². The predicted octanol–water partition coefficient (Wildman–Crippen LogP) is 2.43. The van der Waals surface area contributed by atoms with Crippen molar-refractivity contribution in [2.75, 3.05) is 7.11 Å². The monoisotopic (exact) mass is 409 g/mol. The lowest BCUT2D eigenvalue weighted by Gasteiger charge is -2.19.